The monoisotopic (exact) mass is 253 g/mol. The molecule has 1 unspecified atom stereocenters. The first kappa shape index (κ1) is 11.9. The SMILES string of the molecule is OC(c1cc2c3c(c1)CCCN3CCC2)C(F)F. The van der Waals surface area contributed by atoms with Crippen molar-refractivity contribution in [3.8, 4) is 0 Å². The van der Waals surface area contributed by atoms with Crippen LogP contribution in [0.2, 0.25) is 0 Å². The summed E-state index contributed by atoms with van der Waals surface area (Å²) in [4.78, 5) is 2.36. The fourth-order valence-corrected chi connectivity index (χ4v) is 3.15. The number of benzene rings is 1. The van der Waals surface area contributed by atoms with E-state index in [1.807, 2.05) is 0 Å². The Morgan fingerprint density at radius 1 is 1.06 bits per heavy atom. The van der Waals surface area contributed by atoms with E-state index in [4.69, 9.17) is 0 Å². The van der Waals surface area contributed by atoms with Crippen LogP contribution in [0.25, 0.3) is 0 Å². The molecule has 0 amide bonds. The van der Waals surface area contributed by atoms with E-state index >= 15 is 0 Å². The van der Waals surface area contributed by atoms with Crippen LogP contribution < -0.4 is 4.90 Å². The molecule has 0 radical (unpaired) electrons. The molecule has 0 spiro atoms. The Labute approximate surface area is 105 Å². The number of nitrogens with zero attached hydrogens (tertiary/aromatic N) is 1. The van der Waals surface area contributed by atoms with Gasteiger partial charge in [0.05, 0.1) is 0 Å². The third-order valence-electron chi connectivity index (χ3n) is 3.93. The molecule has 3 rings (SSSR count). The summed E-state index contributed by atoms with van der Waals surface area (Å²) in [6.07, 6.45) is -0.352. The summed E-state index contributed by atoms with van der Waals surface area (Å²) in [6, 6.07) is 3.54. The zero-order valence-corrected chi connectivity index (χ0v) is 10.2. The van der Waals surface area contributed by atoms with Gasteiger partial charge in [0.25, 0.3) is 6.43 Å². The van der Waals surface area contributed by atoms with Gasteiger partial charge >= 0.3 is 0 Å². The number of rotatable bonds is 2. The highest BCUT2D eigenvalue weighted by molar-refractivity contribution is 5.64. The molecule has 0 bridgehead atoms. The van der Waals surface area contributed by atoms with Crippen molar-refractivity contribution in [2.75, 3.05) is 18.0 Å². The summed E-state index contributed by atoms with van der Waals surface area (Å²) in [5.41, 5.74) is 3.89. The molecular formula is C14H17F2NO. The van der Waals surface area contributed by atoms with Crippen LogP contribution >= 0.6 is 0 Å². The molecule has 1 aromatic rings. The lowest BCUT2D eigenvalue weighted by Gasteiger charge is -2.37. The molecule has 0 aliphatic carbocycles. The molecule has 2 aliphatic rings. The molecule has 18 heavy (non-hydrogen) atoms. The van der Waals surface area contributed by atoms with Crippen LogP contribution in [-0.4, -0.2) is 24.6 Å². The highest BCUT2D eigenvalue weighted by Crippen LogP contribution is 2.37. The van der Waals surface area contributed by atoms with Gasteiger partial charge in [0.2, 0.25) is 0 Å². The minimum Gasteiger partial charge on any atom is -0.382 e. The first-order chi connectivity index (χ1) is 8.66. The molecule has 0 aromatic heterocycles. The average Bonchev–Trinajstić information content (AvgIpc) is 2.38. The second-order valence-corrected chi connectivity index (χ2v) is 5.16. The van der Waals surface area contributed by atoms with Crippen molar-refractivity contribution in [1.82, 2.24) is 0 Å². The van der Waals surface area contributed by atoms with Crippen LogP contribution in [0.5, 0.6) is 0 Å². The van der Waals surface area contributed by atoms with Crippen molar-refractivity contribution in [1.29, 1.82) is 0 Å². The van der Waals surface area contributed by atoms with E-state index in [2.05, 4.69) is 4.90 Å². The predicted molar refractivity (Wildman–Crippen MR) is 66.3 cm³/mol. The molecule has 1 aromatic carbocycles. The third-order valence-corrected chi connectivity index (χ3v) is 3.93. The van der Waals surface area contributed by atoms with Crippen LogP contribution in [0.1, 0.15) is 35.6 Å². The first-order valence-electron chi connectivity index (χ1n) is 6.53. The second-order valence-electron chi connectivity index (χ2n) is 5.16. The lowest BCUT2D eigenvalue weighted by atomic mass is 9.89. The minimum atomic E-state index is -2.71. The normalized spacial score (nSPS) is 19.9. The van der Waals surface area contributed by atoms with Gasteiger partial charge in [-0.2, -0.15) is 0 Å². The lowest BCUT2D eigenvalue weighted by molar-refractivity contribution is -0.00585. The summed E-state index contributed by atoms with van der Waals surface area (Å²) in [7, 11) is 0. The maximum absolute atomic E-state index is 12.6. The quantitative estimate of drug-likeness (QED) is 0.876. The second kappa shape index (κ2) is 4.50. The molecule has 2 heterocycles. The summed E-state index contributed by atoms with van der Waals surface area (Å²) < 4.78 is 25.2. The van der Waals surface area contributed by atoms with E-state index in [0.29, 0.717) is 5.56 Å². The van der Waals surface area contributed by atoms with Crippen molar-refractivity contribution < 1.29 is 13.9 Å². The number of anilines is 1. The third kappa shape index (κ3) is 1.88. The largest absolute Gasteiger partial charge is 0.382 e. The van der Waals surface area contributed by atoms with Crippen LogP contribution in [0.15, 0.2) is 12.1 Å². The Morgan fingerprint density at radius 3 is 2.11 bits per heavy atom. The van der Waals surface area contributed by atoms with Crippen LogP contribution in [0.3, 0.4) is 0 Å². The Morgan fingerprint density at radius 2 is 1.61 bits per heavy atom. The highest BCUT2D eigenvalue weighted by Gasteiger charge is 2.27. The van der Waals surface area contributed by atoms with E-state index in [9.17, 15) is 13.9 Å². The predicted octanol–water partition coefficient (Wildman–Crippen LogP) is 2.68. The number of alkyl halides is 2. The molecule has 1 N–H and O–H groups in total. The van der Waals surface area contributed by atoms with Crippen LogP contribution in [0.4, 0.5) is 14.5 Å². The van der Waals surface area contributed by atoms with E-state index in [0.717, 1.165) is 49.9 Å². The molecule has 1 atom stereocenters. The summed E-state index contributed by atoms with van der Waals surface area (Å²) in [5.74, 6) is 0. The number of halogens is 2. The molecule has 4 heteroatoms. The molecule has 98 valence electrons. The summed E-state index contributed by atoms with van der Waals surface area (Å²) in [6.45, 7) is 2.13. The average molecular weight is 253 g/mol. The van der Waals surface area contributed by atoms with E-state index < -0.39 is 12.5 Å². The maximum Gasteiger partial charge on any atom is 0.268 e. The van der Waals surface area contributed by atoms with Crippen molar-refractivity contribution in [2.45, 2.75) is 38.2 Å². The lowest BCUT2D eigenvalue weighted by Crippen LogP contribution is -2.34. The van der Waals surface area contributed by atoms with Gasteiger partial charge in [0.15, 0.2) is 0 Å². The molecule has 0 saturated carbocycles. The number of aryl methyl sites for hydroxylation is 2. The van der Waals surface area contributed by atoms with Crippen LogP contribution in [-0.2, 0) is 12.8 Å². The Hall–Kier alpha value is -1.16. The number of aliphatic hydroxyl groups excluding tert-OH is 1. The number of aliphatic hydroxyl groups is 1. The summed E-state index contributed by atoms with van der Waals surface area (Å²) in [5, 5.41) is 9.54. The smallest absolute Gasteiger partial charge is 0.268 e. The van der Waals surface area contributed by atoms with Gasteiger partial charge in [-0.3, -0.25) is 0 Å². The Balaban J connectivity index is 2.06. The standard InChI is InChI=1S/C14H17F2NO/c15-14(16)13(18)11-7-9-3-1-5-17-6-2-4-10(8-11)12(9)17/h7-8,13-14,18H,1-6H2. The van der Waals surface area contributed by atoms with Crippen molar-refractivity contribution in [3.05, 3.63) is 28.8 Å². The van der Waals surface area contributed by atoms with Gasteiger partial charge < -0.3 is 10.0 Å². The zero-order valence-electron chi connectivity index (χ0n) is 10.2. The minimum absolute atomic E-state index is 0.377. The van der Waals surface area contributed by atoms with Gasteiger partial charge in [-0.15, -0.1) is 0 Å². The molecule has 2 nitrogen and oxygen atoms in total. The van der Waals surface area contributed by atoms with E-state index in [1.54, 1.807) is 12.1 Å². The van der Waals surface area contributed by atoms with Gasteiger partial charge in [0.1, 0.15) is 6.10 Å². The summed E-state index contributed by atoms with van der Waals surface area (Å²) >= 11 is 0. The highest BCUT2D eigenvalue weighted by atomic mass is 19.3. The Kier molecular flexibility index (Phi) is 2.98. The topological polar surface area (TPSA) is 23.5 Å². The van der Waals surface area contributed by atoms with E-state index in [1.165, 1.54) is 5.69 Å². The van der Waals surface area contributed by atoms with Gasteiger partial charge in [-0.1, -0.05) is 12.1 Å². The van der Waals surface area contributed by atoms with Gasteiger partial charge in [-0.05, 0) is 42.4 Å². The maximum atomic E-state index is 12.6. The first-order valence-corrected chi connectivity index (χ1v) is 6.53. The molecule has 2 aliphatic heterocycles. The zero-order chi connectivity index (χ0) is 12.7. The molecule has 0 fully saturated rings. The van der Waals surface area contributed by atoms with Gasteiger partial charge in [-0.25, -0.2) is 8.78 Å². The van der Waals surface area contributed by atoms with Crippen LogP contribution in [0, 0.1) is 0 Å². The van der Waals surface area contributed by atoms with Crippen molar-refractivity contribution >= 4 is 5.69 Å². The molecular weight excluding hydrogens is 236 g/mol. The fourth-order valence-electron chi connectivity index (χ4n) is 3.15. The number of hydrogen-bond acceptors (Lipinski definition) is 2. The Bertz CT molecular complexity index is 430. The van der Waals surface area contributed by atoms with E-state index in [-0.39, 0.29) is 0 Å². The molecule has 0 saturated heterocycles. The van der Waals surface area contributed by atoms with Crippen molar-refractivity contribution in [2.24, 2.45) is 0 Å². The number of hydrogen-bond donors (Lipinski definition) is 1. The fraction of sp³-hybridized carbons (Fsp3) is 0.571. The van der Waals surface area contributed by atoms with Gasteiger partial charge in [0, 0.05) is 18.8 Å². The van der Waals surface area contributed by atoms with Crippen molar-refractivity contribution in [3.63, 3.8) is 0 Å².